The number of benzene rings is 1. The lowest BCUT2D eigenvalue weighted by Gasteiger charge is -2.26. The highest BCUT2D eigenvalue weighted by Crippen LogP contribution is 2.14. The number of ether oxygens (including phenoxy) is 1. The van der Waals surface area contributed by atoms with Crippen molar-refractivity contribution < 1.29 is 17.9 Å². The summed E-state index contributed by atoms with van der Waals surface area (Å²) in [6.07, 6.45) is 0. The molecule has 1 saturated heterocycles. The third-order valence-electron chi connectivity index (χ3n) is 4.35. The highest BCUT2D eigenvalue weighted by Gasteiger charge is 2.24. The van der Waals surface area contributed by atoms with Gasteiger partial charge in [-0.1, -0.05) is 0 Å². The van der Waals surface area contributed by atoms with Crippen molar-refractivity contribution in [3.63, 3.8) is 0 Å². The number of fused-ring (bicyclic) bond motifs is 1. The molecule has 1 aromatic heterocycles. The van der Waals surface area contributed by atoms with Gasteiger partial charge in [0.25, 0.3) is 5.91 Å². The molecule has 0 saturated carbocycles. The normalized spacial score (nSPS) is 15.9. The van der Waals surface area contributed by atoms with Crippen molar-refractivity contribution in [3.05, 3.63) is 35.2 Å². The van der Waals surface area contributed by atoms with E-state index in [2.05, 4.69) is 15.3 Å². The van der Waals surface area contributed by atoms with Crippen molar-refractivity contribution in [2.24, 2.45) is 0 Å². The van der Waals surface area contributed by atoms with Crippen LogP contribution >= 0.6 is 0 Å². The van der Waals surface area contributed by atoms with Crippen LogP contribution in [-0.2, 0) is 14.8 Å². The number of sulfonamides is 1. The number of aromatic nitrogens is 2. The van der Waals surface area contributed by atoms with Gasteiger partial charge < -0.3 is 10.1 Å². The zero-order valence-corrected chi connectivity index (χ0v) is 15.7. The van der Waals surface area contributed by atoms with Crippen LogP contribution < -0.4 is 5.32 Å². The largest absolute Gasteiger partial charge is 0.379 e. The molecule has 8 nitrogen and oxygen atoms in total. The number of morpholine rings is 1. The van der Waals surface area contributed by atoms with Gasteiger partial charge in [0, 0.05) is 25.2 Å². The molecule has 3 rings (SSSR count). The zero-order valence-electron chi connectivity index (χ0n) is 14.9. The first-order valence-electron chi connectivity index (χ1n) is 8.45. The first-order chi connectivity index (χ1) is 12.4. The Morgan fingerprint density at radius 2 is 1.81 bits per heavy atom. The number of carbonyl (C=O) groups is 1. The first kappa shape index (κ1) is 18.7. The molecule has 1 aromatic carbocycles. The molecule has 0 atom stereocenters. The number of hydrogen-bond acceptors (Lipinski definition) is 6. The van der Waals surface area contributed by atoms with Gasteiger partial charge in [0.15, 0.2) is 0 Å². The highest BCUT2D eigenvalue weighted by atomic mass is 32.2. The van der Waals surface area contributed by atoms with Crippen LogP contribution in [0.1, 0.15) is 21.7 Å². The smallest absolute Gasteiger partial charge is 0.251 e. The molecule has 140 valence electrons. The van der Waals surface area contributed by atoms with Gasteiger partial charge in [-0.25, -0.2) is 18.4 Å². The number of amides is 1. The molecule has 1 fully saturated rings. The van der Waals surface area contributed by atoms with E-state index in [4.69, 9.17) is 4.74 Å². The van der Waals surface area contributed by atoms with Gasteiger partial charge in [0.2, 0.25) is 10.0 Å². The average molecular weight is 378 g/mol. The Hall–Kier alpha value is -2.10. The minimum atomic E-state index is -3.39. The maximum Gasteiger partial charge on any atom is 0.251 e. The molecule has 1 amide bonds. The van der Waals surface area contributed by atoms with Crippen LogP contribution in [0.2, 0.25) is 0 Å². The molecule has 2 aromatic rings. The molecular weight excluding hydrogens is 356 g/mol. The van der Waals surface area contributed by atoms with Crippen molar-refractivity contribution in [3.8, 4) is 0 Å². The summed E-state index contributed by atoms with van der Waals surface area (Å²) in [5, 5.41) is 2.66. The predicted molar refractivity (Wildman–Crippen MR) is 97.5 cm³/mol. The molecule has 1 aliphatic heterocycles. The van der Waals surface area contributed by atoms with Gasteiger partial charge in [-0.05, 0) is 32.0 Å². The van der Waals surface area contributed by atoms with Gasteiger partial charge >= 0.3 is 0 Å². The molecular formula is C17H22N4O4S. The Kier molecular flexibility index (Phi) is 5.49. The average Bonchev–Trinajstić information content (AvgIpc) is 2.63. The fourth-order valence-corrected chi connectivity index (χ4v) is 4.05. The second kappa shape index (κ2) is 7.65. The van der Waals surface area contributed by atoms with Gasteiger partial charge in [0.1, 0.15) is 0 Å². The van der Waals surface area contributed by atoms with E-state index in [1.807, 2.05) is 13.8 Å². The van der Waals surface area contributed by atoms with Gasteiger partial charge in [-0.3, -0.25) is 4.79 Å². The number of hydrogen-bond donors (Lipinski definition) is 1. The number of nitrogens with one attached hydrogen (secondary N) is 1. The Labute approximate surface area is 152 Å². The summed E-state index contributed by atoms with van der Waals surface area (Å²) in [5.74, 6) is -0.464. The first-order valence-corrected chi connectivity index (χ1v) is 10.1. The Morgan fingerprint density at radius 1 is 1.15 bits per heavy atom. The number of nitrogens with zero attached hydrogens (tertiary/aromatic N) is 3. The maximum atomic E-state index is 12.3. The van der Waals surface area contributed by atoms with Crippen LogP contribution in [-0.4, -0.2) is 67.2 Å². The van der Waals surface area contributed by atoms with Gasteiger partial charge in [0.05, 0.1) is 41.4 Å². The predicted octanol–water partition coefficient (Wildman–Crippen LogP) is 0.638. The van der Waals surface area contributed by atoms with Crippen LogP contribution in [0.3, 0.4) is 0 Å². The second-order valence-corrected chi connectivity index (χ2v) is 8.27. The van der Waals surface area contributed by atoms with Crippen molar-refractivity contribution in [2.75, 3.05) is 38.6 Å². The van der Waals surface area contributed by atoms with Crippen molar-refractivity contribution >= 4 is 27.0 Å². The summed E-state index contributed by atoms with van der Waals surface area (Å²) in [5.41, 5.74) is 3.45. The third kappa shape index (κ3) is 4.17. The van der Waals surface area contributed by atoms with Crippen LogP contribution in [0, 0.1) is 13.8 Å². The van der Waals surface area contributed by atoms with Crippen LogP contribution in [0.15, 0.2) is 18.2 Å². The van der Waals surface area contributed by atoms with Crippen molar-refractivity contribution in [1.82, 2.24) is 19.6 Å². The SMILES string of the molecule is Cc1nc2ccc(C(=O)NCCS(=O)(=O)N3CCOCC3)cc2nc1C. The lowest BCUT2D eigenvalue weighted by atomic mass is 10.1. The summed E-state index contributed by atoms with van der Waals surface area (Å²) in [4.78, 5) is 21.2. The molecule has 9 heteroatoms. The van der Waals surface area contributed by atoms with Crippen LogP contribution in [0.4, 0.5) is 0 Å². The van der Waals surface area contributed by atoms with Gasteiger partial charge in [-0.15, -0.1) is 0 Å². The maximum absolute atomic E-state index is 12.3. The quantitative estimate of drug-likeness (QED) is 0.819. The Bertz CT molecular complexity index is 924. The fourth-order valence-electron chi connectivity index (χ4n) is 2.72. The molecule has 2 heterocycles. The molecule has 26 heavy (non-hydrogen) atoms. The molecule has 0 radical (unpaired) electrons. The molecule has 1 N–H and O–H groups in total. The van der Waals surface area contributed by atoms with E-state index in [0.29, 0.717) is 37.4 Å². The summed E-state index contributed by atoms with van der Waals surface area (Å²) in [6.45, 7) is 5.33. The number of aryl methyl sites for hydroxylation is 2. The van der Waals surface area contributed by atoms with E-state index in [1.165, 1.54) is 4.31 Å². The van der Waals surface area contributed by atoms with E-state index in [-0.39, 0.29) is 18.2 Å². The van der Waals surface area contributed by atoms with E-state index < -0.39 is 10.0 Å². The Balaban J connectivity index is 1.63. The zero-order chi connectivity index (χ0) is 18.7. The molecule has 0 aliphatic carbocycles. The fraction of sp³-hybridized carbons (Fsp3) is 0.471. The number of rotatable bonds is 5. The topological polar surface area (TPSA) is 101 Å². The molecule has 0 spiro atoms. The summed E-state index contributed by atoms with van der Waals surface area (Å²) >= 11 is 0. The summed E-state index contributed by atoms with van der Waals surface area (Å²) in [6, 6.07) is 5.08. The van der Waals surface area contributed by atoms with Crippen molar-refractivity contribution in [1.29, 1.82) is 0 Å². The number of carbonyl (C=O) groups excluding carboxylic acids is 1. The summed E-state index contributed by atoms with van der Waals surface area (Å²) < 4.78 is 31.1. The Morgan fingerprint density at radius 3 is 2.50 bits per heavy atom. The lowest BCUT2D eigenvalue weighted by Crippen LogP contribution is -2.43. The van der Waals surface area contributed by atoms with Crippen LogP contribution in [0.5, 0.6) is 0 Å². The van der Waals surface area contributed by atoms with E-state index in [9.17, 15) is 13.2 Å². The minimum absolute atomic E-state index is 0.0508. The standard InChI is InChI=1S/C17H22N4O4S/c1-12-13(2)20-16-11-14(3-4-15(16)19-12)17(22)18-5-10-26(23,24)21-6-8-25-9-7-21/h3-4,11H,5-10H2,1-2H3,(H,18,22). The van der Waals surface area contributed by atoms with E-state index in [1.54, 1.807) is 18.2 Å². The molecule has 0 bridgehead atoms. The minimum Gasteiger partial charge on any atom is -0.379 e. The second-order valence-electron chi connectivity index (χ2n) is 6.18. The van der Waals surface area contributed by atoms with E-state index >= 15 is 0 Å². The van der Waals surface area contributed by atoms with Crippen molar-refractivity contribution in [2.45, 2.75) is 13.8 Å². The molecule has 1 aliphatic rings. The lowest BCUT2D eigenvalue weighted by molar-refractivity contribution is 0.0730. The molecule has 0 unspecified atom stereocenters. The van der Waals surface area contributed by atoms with Crippen LogP contribution in [0.25, 0.3) is 11.0 Å². The van der Waals surface area contributed by atoms with E-state index in [0.717, 1.165) is 16.9 Å². The monoisotopic (exact) mass is 378 g/mol. The summed E-state index contributed by atoms with van der Waals surface area (Å²) in [7, 11) is -3.39. The van der Waals surface area contributed by atoms with Gasteiger partial charge in [-0.2, -0.15) is 4.31 Å². The highest BCUT2D eigenvalue weighted by molar-refractivity contribution is 7.89. The third-order valence-corrected chi connectivity index (χ3v) is 6.22.